The Morgan fingerprint density at radius 2 is 2.10 bits per heavy atom. The molecule has 0 spiro atoms. The van der Waals surface area contributed by atoms with E-state index in [1.54, 1.807) is 6.20 Å². The lowest BCUT2D eigenvalue weighted by Crippen LogP contribution is -2.07. The van der Waals surface area contributed by atoms with Crippen molar-refractivity contribution in [3.05, 3.63) is 52.7 Å². The molecule has 0 aromatic carbocycles. The summed E-state index contributed by atoms with van der Waals surface area (Å²) in [5.41, 5.74) is 2.97. The molecule has 4 nitrogen and oxygen atoms in total. The van der Waals surface area contributed by atoms with Crippen LogP contribution in [0.2, 0.25) is 0 Å². The highest BCUT2D eigenvalue weighted by atomic mass is 79.9. The number of halogens is 2. The zero-order chi connectivity index (χ0) is 14.8. The van der Waals surface area contributed by atoms with E-state index >= 15 is 0 Å². The van der Waals surface area contributed by atoms with Crippen LogP contribution in [0.1, 0.15) is 23.7 Å². The number of nitrogens with zero attached hydrogens (tertiary/aromatic N) is 4. The van der Waals surface area contributed by atoms with Crippen LogP contribution >= 0.6 is 27.5 Å². The van der Waals surface area contributed by atoms with E-state index in [0.29, 0.717) is 0 Å². The molecular weight excluding hydrogens is 352 g/mol. The SMILES string of the molecule is CC(Cl)c1nc2cc(Br)cnc2n1CCc1ccncc1. The molecule has 0 N–H and O–H groups in total. The summed E-state index contributed by atoms with van der Waals surface area (Å²) in [4.78, 5) is 13.1. The molecule has 0 aliphatic rings. The van der Waals surface area contributed by atoms with Crippen LogP contribution in [-0.2, 0) is 13.0 Å². The van der Waals surface area contributed by atoms with Gasteiger partial charge in [0.2, 0.25) is 0 Å². The minimum Gasteiger partial charge on any atom is -0.311 e. The molecule has 0 bridgehead atoms. The molecule has 1 unspecified atom stereocenters. The Bertz CT molecular complexity index is 755. The van der Waals surface area contributed by atoms with Gasteiger partial charge in [0, 0.05) is 29.6 Å². The first-order valence-corrected chi connectivity index (χ1v) is 7.93. The fourth-order valence-electron chi connectivity index (χ4n) is 2.32. The number of hydrogen-bond donors (Lipinski definition) is 0. The molecule has 0 aliphatic heterocycles. The number of aryl methyl sites for hydroxylation is 2. The van der Waals surface area contributed by atoms with E-state index in [9.17, 15) is 0 Å². The Morgan fingerprint density at radius 1 is 1.33 bits per heavy atom. The highest BCUT2D eigenvalue weighted by Gasteiger charge is 2.16. The monoisotopic (exact) mass is 364 g/mol. The largest absolute Gasteiger partial charge is 0.311 e. The number of aromatic nitrogens is 4. The molecule has 0 saturated carbocycles. The van der Waals surface area contributed by atoms with Crippen molar-refractivity contribution >= 4 is 38.7 Å². The minimum atomic E-state index is -0.157. The molecule has 6 heteroatoms. The summed E-state index contributed by atoms with van der Waals surface area (Å²) in [6.45, 7) is 2.72. The Balaban J connectivity index is 1.97. The van der Waals surface area contributed by atoms with Crippen LogP contribution in [0.3, 0.4) is 0 Å². The van der Waals surface area contributed by atoms with Gasteiger partial charge in [0.1, 0.15) is 11.3 Å². The van der Waals surface area contributed by atoms with Gasteiger partial charge < -0.3 is 4.57 Å². The topological polar surface area (TPSA) is 43.6 Å². The second-order valence-electron chi connectivity index (χ2n) is 4.84. The van der Waals surface area contributed by atoms with Gasteiger partial charge in [-0.3, -0.25) is 4.98 Å². The third-order valence-electron chi connectivity index (χ3n) is 3.31. The first-order chi connectivity index (χ1) is 10.1. The van der Waals surface area contributed by atoms with Crippen LogP contribution in [0.25, 0.3) is 11.2 Å². The smallest absolute Gasteiger partial charge is 0.160 e. The lowest BCUT2D eigenvalue weighted by molar-refractivity contribution is 0.663. The molecule has 0 aliphatic carbocycles. The van der Waals surface area contributed by atoms with Crippen molar-refractivity contribution in [2.24, 2.45) is 0 Å². The van der Waals surface area contributed by atoms with E-state index in [-0.39, 0.29) is 5.38 Å². The quantitative estimate of drug-likeness (QED) is 0.653. The fraction of sp³-hybridized carbons (Fsp3) is 0.267. The lowest BCUT2D eigenvalue weighted by Gasteiger charge is -2.09. The second-order valence-corrected chi connectivity index (χ2v) is 6.41. The molecule has 3 rings (SSSR count). The summed E-state index contributed by atoms with van der Waals surface area (Å²) in [7, 11) is 0. The third kappa shape index (κ3) is 3.09. The maximum absolute atomic E-state index is 6.27. The number of fused-ring (bicyclic) bond motifs is 1. The van der Waals surface area contributed by atoms with Crippen LogP contribution in [0.4, 0.5) is 0 Å². The Labute approximate surface area is 136 Å². The van der Waals surface area contributed by atoms with Gasteiger partial charge in [-0.1, -0.05) is 0 Å². The zero-order valence-corrected chi connectivity index (χ0v) is 13.8. The molecule has 3 heterocycles. The van der Waals surface area contributed by atoms with Gasteiger partial charge in [0.15, 0.2) is 5.65 Å². The number of pyridine rings is 2. The third-order valence-corrected chi connectivity index (χ3v) is 3.94. The number of rotatable bonds is 4. The Kier molecular flexibility index (Phi) is 4.22. The van der Waals surface area contributed by atoms with Crippen molar-refractivity contribution in [3.63, 3.8) is 0 Å². The van der Waals surface area contributed by atoms with Crippen LogP contribution in [0, 0.1) is 0 Å². The summed E-state index contributed by atoms with van der Waals surface area (Å²) in [6.07, 6.45) is 6.29. The van der Waals surface area contributed by atoms with Crippen LogP contribution in [0.5, 0.6) is 0 Å². The highest BCUT2D eigenvalue weighted by Crippen LogP contribution is 2.25. The Hall–Kier alpha value is -1.46. The van der Waals surface area contributed by atoms with E-state index in [2.05, 4.69) is 35.4 Å². The predicted molar refractivity (Wildman–Crippen MR) is 87.4 cm³/mol. The predicted octanol–water partition coefficient (Wildman–Crippen LogP) is 4.13. The van der Waals surface area contributed by atoms with Crippen molar-refractivity contribution in [3.8, 4) is 0 Å². The highest BCUT2D eigenvalue weighted by molar-refractivity contribution is 9.10. The van der Waals surface area contributed by atoms with Gasteiger partial charge in [-0.15, -0.1) is 11.6 Å². The van der Waals surface area contributed by atoms with Crippen LogP contribution in [-0.4, -0.2) is 19.5 Å². The van der Waals surface area contributed by atoms with E-state index < -0.39 is 0 Å². The van der Waals surface area contributed by atoms with Gasteiger partial charge in [-0.2, -0.15) is 0 Å². The van der Waals surface area contributed by atoms with E-state index in [1.807, 2.05) is 37.5 Å². The van der Waals surface area contributed by atoms with Gasteiger partial charge in [-0.25, -0.2) is 9.97 Å². The normalized spacial score (nSPS) is 12.7. The molecule has 0 amide bonds. The van der Waals surface area contributed by atoms with E-state index in [0.717, 1.165) is 34.4 Å². The van der Waals surface area contributed by atoms with Crippen molar-refractivity contribution < 1.29 is 0 Å². The van der Waals surface area contributed by atoms with Gasteiger partial charge in [-0.05, 0) is 53.0 Å². The maximum Gasteiger partial charge on any atom is 0.160 e. The lowest BCUT2D eigenvalue weighted by atomic mass is 10.2. The second kappa shape index (κ2) is 6.12. The molecule has 0 radical (unpaired) electrons. The van der Waals surface area contributed by atoms with Gasteiger partial charge in [0.05, 0.1) is 5.38 Å². The minimum absolute atomic E-state index is 0.157. The molecule has 3 aromatic rings. The van der Waals surface area contributed by atoms with Crippen molar-refractivity contribution in [1.29, 1.82) is 0 Å². The van der Waals surface area contributed by atoms with Gasteiger partial charge in [0.25, 0.3) is 0 Å². The molecule has 21 heavy (non-hydrogen) atoms. The molecule has 0 fully saturated rings. The average molecular weight is 366 g/mol. The molecule has 1 atom stereocenters. The number of imidazole rings is 1. The van der Waals surface area contributed by atoms with Crippen LogP contribution in [0.15, 0.2) is 41.3 Å². The standard InChI is InChI=1S/C15H14BrClN4/c1-10(17)14-20-13-8-12(16)9-19-15(13)21(14)7-4-11-2-5-18-6-3-11/h2-3,5-6,8-10H,4,7H2,1H3. The zero-order valence-electron chi connectivity index (χ0n) is 11.5. The van der Waals surface area contributed by atoms with Crippen molar-refractivity contribution in [2.75, 3.05) is 0 Å². The average Bonchev–Trinajstić information content (AvgIpc) is 2.84. The van der Waals surface area contributed by atoms with E-state index in [4.69, 9.17) is 11.6 Å². The molecule has 3 aromatic heterocycles. The summed E-state index contributed by atoms with van der Waals surface area (Å²) < 4.78 is 3.02. The van der Waals surface area contributed by atoms with Crippen molar-refractivity contribution in [1.82, 2.24) is 19.5 Å². The van der Waals surface area contributed by atoms with Gasteiger partial charge >= 0.3 is 0 Å². The Morgan fingerprint density at radius 3 is 2.81 bits per heavy atom. The molecular formula is C15H14BrClN4. The summed E-state index contributed by atoms with van der Waals surface area (Å²) >= 11 is 9.70. The summed E-state index contributed by atoms with van der Waals surface area (Å²) in [5.74, 6) is 0.853. The van der Waals surface area contributed by atoms with E-state index in [1.165, 1.54) is 5.56 Å². The van der Waals surface area contributed by atoms with Crippen LogP contribution < -0.4 is 0 Å². The number of alkyl halides is 1. The first kappa shape index (κ1) is 14.5. The summed E-state index contributed by atoms with van der Waals surface area (Å²) in [6, 6.07) is 6.01. The fourth-order valence-corrected chi connectivity index (χ4v) is 2.80. The molecule has 108 valence electrons. The summed E-state index contributed by atoms with van der Waals surface area (Å²) in [5, 5.41) is -0.157. The molecule has 0 saturated heterocycles. The first-order valence-electron chi connectivity index (χ1n) is 6.70. The number of hydrogen-bond acceptors (Lipinski definition) is 3. The van der Waals surface area contributed by atoms with Crippen molar-refractivity contribution in [2.45, 2.75) is 25.3 Å². The maximum atomic E-state index is 6.27.